The Labute approximate surface area is 111 Å². The first-order chi connectivity index (χ1) is 8.65. The van der Waals surface area contributed by atoms with E-state index >= 15 is 0 Å². The van der Waals surface area contributed by atoms with Crippen LogP contribution in [0.25, 0.3) is 0 Å². The summed E-state index contributed by atoms with van der Waals surface area (Å²) in [6.07, 6.45) is 8.34. The van der Waals surface area contributed by atoms with Crippen LogP contribution in [0.4, 0.5) is 0 Å². The van der Waals surface area contributed by atoms with Crippen molar-refractivity contribution in [2.75, 3.05) is 27.3 Å². The second kappa shape index (κ2) is 8.48. The summed E-state index contributed by atoms with van der Waals surface area (Å²) in [6, 6.07) is -0.0856. The van der Waals surface area contributed by atoms with Crippen molar-refractivity contribution in [1.82, 2.24) is 4.90 Å². The number of nitrogens with zero attached hydrogens (tertiary/aromatic N) is 1. The summed E-state index contributed by atoms with van der Waals surface area (Å²) in [6.45, 7) is 1.09. The molecule has 0 heterocycles. The Balaban J connectivity index is 2.40. The van der Waals surface area contributed by atoms with Crippen LogP contribution in [0.15, 0.2) is 0 Å². The number of methoxy groups -OCH3 is 1. The Morgan fingerprint density at radius 3 is 2.39 bits per heavy atom. The maximum absolute atomic E-state index is 12.3. The smallest absolute Gasteiger partial charge is 0.225 e. The average Bonchev–Trinajstić information content (AvgIpc) is 2.27. The molecular formula is C14H28N2O2. The van der Waals surface area contributed by atoms with E-state index in [1.807, 2.05) is 7.05 Å². The van der Waals surface area contributed by atoms with Crippen molar-refractivity contribution in [2.24, 2.45) is 11.7 Å². The first-order valence-electron chi connectivity index (χ1n) is 7.14. The lowest BCUT2D eigenvalue weighted by Gasteiger charge is -2.27. The predicted molar refractivity (Wildman–Crippen MR) is 73.3 cm³/mol. The zero-order valence-electron chi connectivity index (χ0n) is 11.9. The standard InChI is InChI=1S/C14H28N2O2/c1-16(10-13(15)11-18-2)14(17)12-8-6-4-3-5-7-9-12/h12-13H,3-11,15H2,1-2H3. The normalized spacial score (nSPS) is 19.9. The third-order valence-corrected chi connectivity index (χ3v) is 3.72. The van der Waals surface area contributed by atoms with Gasteiger partial charge in [-0.1, -0.05) is 32.1 Å². The third-order valence-electron chi connectivity index (χ3n) is 3.72. The van der Waals surface area contributed by atoms with Gasteiger partial charge >= 0.3 is 0 Å². The zero-order valence-corrected chi connectivity index (χ0v) is 11.9. The molecule has 1 aliphatic carbocycles. The lowest BCUT2D eigenvalue weighted by molar-refractivity contribution is -0.135. The van der Waals surface area contributed by atoms with E-state index in [0.717, 1.165) is 12.8 Å². The van der Waals surface area contributed by atoms with Crippen LogP contribution in [-0.4, -0.2) is 44.2 Å². The van der Waals surface area contributed by atoms with Crippen LogP contribution in [0.2, 0.25) is 0 Å². The molecule has 106 valence electrons. The highest BCUT2D eigenvalue weighted by Gasteiger charge is 2.23. The molecule has 1 atom stereocenters. The number of carbonyl (C=O) groups is 1. The molecule has 1 fully saturated rings. The molecule has 4 nitrogen and oxygen atoms in total. The fourth-order valence-electron chi connectivity index (χ4n) is 2.72. The van der Waals surface area contributed by atoms with Crippen molar-refractivity contribution >= 4 is 5.91 Å². The van der Waals surface area contributed by atoms with Crippen molar-refractivity contribution in [3.63, 3.8) is 0 Å². The predicted octanol–water partition coefficient (Wildman–Crippen LogP) is 1.78. The van der Waals surface area contributed by atoms with Gasteiger partial charge in [-0.25, -0.2) is 0 Å². The van der Waals surface area contributed by atoms with Gasteiger partial charge in [-0.15, -0.1) is 0 Å². The Kier molecular flexibility index (Phi) is 7.28. The van der Waals surface area contributed by atoms with E-state index in [-0.39, 0.29) is 17.9 Å². The van der Waals surface area contributed by atoms with E-state index in [1.165, 1.54) is 32.1 Å². The molecule has 1 amide bonds. The molecule has 18 heavy (non-hydrogen) atoms. The largest absolute Gasteiger partial charge is 0.383 e. The SMILES string of the molecule is COCC(N)CN(C)C(=O)C1CCCCCCC1. The zero-order chi connectivity index (χ0) is 13.4. The molecule has 1 unspecified atom stereocenters. The van der Waals surface area contributed by atoms with Crippen molar-refractivity contribution in [1.29, 1.82) is 0 Å². The van der Waals surface area contributed by atoms with Crippen LogP contribution in [0, 0.1) is 5.92 Å². The van der Waals surface area contributed by atoms with E-state index in [9.17, 15) is 4.79 Å². The fourth-order valence-corrected chi connectivity index (χ4v) is 2.72. The van der Waals surface area contributed by atoms with E-state index in [2.05, 4.69) is 0 Å². The number of nitrogens with two attached hydrogens (primary N) is 1. The first kappa shape index (κ1) is 15.4. The molecule has 0 aliphatic heterocycles. The molecule has 1 saturated carbocycles. The average molecular weight is 256 g/mol. The van der Waals surface area contributed by atoms with Gasteiger partial charge in [0.25, 0.3) is 0 Å². The van der Waals surface area contributed by atoms with Crippen LogP contribution in [0.3, 0.4) is 0 Å². The topological polar surface area (TPSA) is 55.6 Å². The summed E-state index contributed by atoms with van der Waals surface area (Å²) in [7, 11) is 3.49. The minimum atomic E-state index is -0.0856. The number of amides is 1. The van der Waals surface area contributed by atoms with E-state index in [4.69, 9.17) is 10.5 Å². The Morgan fingerprint density at radius 1 is 1.28 bits per heavy atom. The summed E-state index contributed by atoms with van der Waals surface area (Å²) in [5.41, 5.74) is 5.89. The number of hydrogen-bond acceptors (Lipinski definition) is 3. The molecule has 0 saturated heterocycles. The molecule has 1 aliphatic rings. The summed E-state index contributed by atoms with van der Waals surface area (Å²) >= 11 is 0. The maximum atomic E-state index is 12.3. The molecule has 4 heteroatoms. The van der Waals surface area contributed by atoms with Crippen molar-refractivity contribution in [3.05, 3.63) is 0 Å². The van der Waals surface area contributed by atoms with E-state index < -0.39 is 0 Å². The molecule has 0 bridgehead atoms. The fraction of sp³-hybridized carbons (Fsp3) is 0.929. The Morgan fingerprint density at radius 2 is 1.83 bits per heavy atom. The summed E-state index contributed by atoms with van der Waals surface area (Å²) in [5, 5.41) is 0. The van der Waals surface area contributed by atoms with Gasteiger partial charge in [-0.3, -0.25) is 4.79 Å². The van der Waals surface area contributed by atoms with Gasteiger partial charge in [-0.05, 0) is 12.8 Å². The van der Waals surface area contributed by atoms with Gasteiger partial charge in [-0.2, -0.15) is 0 Å². The van der Waals surface area contributed by atoms with Gasteiger partial charge < -0.3 is 15.4 Å². The molecule has 0 radical (unpaired) electrons. The maximum Gasteiger partial charge on any atom is 0.225 e. The Bertz CT molecular complexity index is 238. The van der Waals surface area contributed by atoms with Gasteiger partial charge in [0.1, 0.15) is 0 Å². The van der Waals surface area contributed by atoms with Crippen LogP contribution < -0.4 is 5.73 Å². The monoisotopic (exact) mass is 256 g/mol. The highest BCUT2D eigenvalue weighted by atomic mass is 16.5. The van der Waals surface area contributed by atoms with Gasteiger partial charge in [0, 0.05) is 32.7 Å². The minimum Gasteiger partial charge on any atom is -0.383 e. The van der Waals surface area contributed by atoms with Crippen molar-refractivity contribution < 1.29 is 9.53 Å². The Hall–Kier alpha value is -0.610. The van der Waals surface area contributed by atoms with Gasteiger partial charge in [0.2, 0.25) is 5.91 Å². The van der Waals surface area contributed by atoms with Gasteiger partial charge in [0.15, 0.2) is 0 Å². The molecule has 0 aromatic carbocycles. The second-order valence-electron chi connectivity index (χ2n) is 5.48. The molecule has 0 spiro atoms. The van der Waals surface area contributed by atoms with Crippen LogP contribution in [-0.2, 0) is 9.53 Å². The number of likely N-dealkylation sites (N-methyl/N-ethyl adjacent to an activating group) is 1. The molecule has 0 aromatic heterocycles. The number of carbonyl (C=O) groups excluding carboxylic acids is 1. The highest BCUT2D eigenvalue weighted by Crippen LogP contribution is 2.23. The number of ether oxygens (including phenoxy) is 1. The minimum absolute atomic E-state index is 0.0856. The summed E-state index contributed by atoms with van der Waals surface area (Å²) in [5.74, 6) is 0.480. The van der Waals surface area contributed by atoms with Crippen LogP contribution in [0.1, 0.15) is 44.9 Å². The quantitative estimate of drug-likeness (QED) is 0.815. The van der Waals surface area contributed by atoms with Crippen molar-refractivity contribution in [2.45, 2.75) is 51.0 Å². The third kappa shape index (κ3) is 5.36. The van der Waals surface area contributed by atoms with Crippen LogP contribution in [0.5, 0.6) is 0 Å². The summed E-state index contributed by atoms with van der Waals surface area (Å²) in [4.78, 5) is 14.1. The van der Waals surface area contributed by atoms with Crippen LogP contribution >= 0.6 is 0 Å². The lowest BCUT2D eigenvalue weighted by atomic mass is 9.90. The first-order valence-corrected chi connectivity index (χ1v) is 7.14. The van der Waals surface area contributed by atoms with Gasteiger partial charge in [0.05, 0.1) is 6.61 Å². The lowest BCUT2D eigenvalue weighted by Crippen LogP contribution is -2.43. The number of hydrogen-bond donors (Lipinski definition) is 1. The second-order valence-corrected chi connectivity index (χ2v) is 5.48. The molecule has 2 N–H and O–H groups in total. The van der Waals surface area contributed by atoms with E-state index in [1.54, 1.807) is 12.0 Å². The van der Waals surface area contributed by atoms with E-state index in [0.29, 0.717) is 13.2 Å². The molecular weight excluding hydrogens is 228 g/mol. The summed E-state index contributed by atoms with van der Waals surface area (Å²) < 4.78 is 5.00. The highest BCUT2D eigenvalue weighted by molar-refractivity contribution is 5.78. The van der Waals surface area contributed by atoms with Crippen molar-refractivity contribution in [3.8, 4) is 0 Å². The molecule has 0 aromatic rings. The number of rotatable bonds is 5. The molecule has 1 rings (SSSR count).